The number of aldehydes is 1. The maximum atomic E-state index is 12.2. The van der Waals surface area contributed by atoms with Crippen LogP contribution >= 0.6 is 0 Å². The van der Waals surface area contributed by atoms with E-state index in [1.165, 1.54) is 0 Å². The molecule has 2 atom stereocenters. The van der Waals surface area contributed by atoms with Crippen molar-refractivity contribution in [2.45, 2.75) is 31.1 Å². The molecule has 1 aliphatic rings. The van der Waals surface area contributed by atoms with Gasteiger partial charge in [0.1, 0.15) is 5.82 Å². The van der Waals surface area contributed by atoms with Crippen LogP contribution in [0, 0.1) is 0 Å². The van der Waals surface area contributed by atoms with E-state index in [2.05, 4.69) is 9.97 Å². The van der Waals surface area contributed by atoms with Crippen molar-refractivity contribution in [1.29, 1.82) is 0 Å². The Morgan fingerprint density at radius 1 is 1.50 bits per heavy atom. The summed E-state index contributed by atoms with van der Waals surface area (Å²) in [6, 6.07) is 7.86. The Bertz CT molecular complexity index is 648. The molecule has 0 saturated carbocycles. The van der Waals surface area contributed by atoms with E-state index in [0.717, 1.165) is 29.8 Å². The fourth-order valence-electron chi connectivity index (χ4n) is 3.46. The Hall–Kier alpha value is -2.23. The van der Waals surface area contributed by atoms with E-state index in [1.54, 1.807) is 12.4 Å². The third-order valence-corrected chi connectivity index (χ3v) is 4.43. The molecule has 0 aliphatic heterocycles. The number of rotatable bonds is 4. The molecule has 2 aromatic rings. The number of carbonyl (C=O) groups is 2. The monoisotopic (exact) mass is 268 g/mol. The van der Waals surface area contributed by atoms with Crippen LogP contribution in [0.1, 0.15) is 36.2 Å². The molecule has 0 fully saturated rings. The van der Waals surface area contributed by atoms with Gasteiger partial charge >= 0.3 is 0 Å². The second-order valence-electron chi connectivity index (χ2n) is 5.28. The van der Waals surface area contributed by atoms with Crippen LogP contribution in [0.4, 0.5) is 0 Å². The van der Waals surface area contributed by atoms with Crippen LogP contribution in [-0.4, -0.2) is 22.0 Å². The van der Waals surface area contributed by atoms with Crippen LogP contribution in [0.3, 0.4) is 0 Å². The smallest absolute Gasteiger partial charge is 0.203 e. The first-order valence-electron chi connectivity index (χ1n) is 6.79. The lowest BCUT2D eigenvalue weighted by atomic mass is 9.71. The van der Waals surface area contributed by atoms with Gasteiger partial charge in [0, 0.05) is 17.8 Å². The Morgan fingerprint density at radius 3 is 2.95 bits per heavy atom. The van der Waals surface area contributed by atoms with Crippen molar-refractivity contribution in [2.75, 3.05) is 0 Å². The molecule has 1 aliphatic carbocycles. The summed E-state index contributed by atoms with van der Waals surface area (Å²) in [6.45, 7) is 2.04. The molecule has 102 valence electrons. The molecule has 1 heterocycles. The highest BCUT2D eigenvalue weighted by Crippen LogP contribution is 2.50. The second-order valence-corrected chi connectivity index (χ2v) is 5.28. The fraction of sp³-hybridized carbons (Fsp3) is 0.312. The molecule has 4 nitrogen and oxygen atoms in total. The van der Waals surface area contributed by atoms with Gasteiger partial charge in [-0.05, 0) is 24.0 Å². The van der Waals surface area contributed by atoms with E-state index in [-0.39, 0.29) is 5.78 Å². The summed E-state index contributed by atoms with van der Waals surface area (Å²) in [4.78, 5) is 30.8. The number of H-pyrrole nitrogens is 1. The van der Waals surface area contributed by atoms with Crippen molar-refractivity contribution < 1.29 is 9.59 Å². The molecule has 0 spiro atoms. The van der Waals surface area contributed by atoms with Gasteiger partial charge < -0.3 is 4.98 Å². The minimum absolute atomic E-state index is 0.367. The van der Waals surface area contributed by atoms with Gasteiger partial charge in [-0.25, -0.2) is 4.98 Å². The van der Waals surface area contributed by atoms with Crippen molar-refractivity contribution in [3.8, 4) is 0 Å². The lowest BCUT2D eigenvalue weighted by Crippen LogP contribution is -2.36. The van der Waals surface area contributed by atoms with Gasteiger partial charge in [-0.2, -0.15) is 0 Å². The SMILES string of the molecule is CCC1(c2ncc[nH]2)Cc2ccccc2C1C(=O)C=O. The molecule has 4 heteroatoms. The van der Waals surface area contributed by atoms with E-state index in [0.29, 0.717) is 6.29 Å². The molecule has 1 aromatic heterocycles. The van der Waals surface area contributed by atoms with Crippen molar-refractivity contribution in [3.05, 3.63) is 53.6 Å². The van der Waals surface area contributed by atoms with Crippen molar-refractivity contribution >= 4 is 12.1 Å². The van der Waals surface area contributed by atoms with Gasteiger partial charge in [0.05, 0.1) is 5.92 Å². The van der Waals surface area contributed by atoms with E-state index in [4.69, 9.17) is 0 Å². The maximum absolute atomic E-state index is 12.2. The standard InChI is InChI=1S/C16H16N2O2/c1-2-16(15-17-7-8-18-15)9-11-5-3-4-6-12(11)14(16)13(20)10-19/h3-8,10,14H,2,9H2,1H3,(H,17,18). The molecule has 0 bridgehead atoms. The van der Waals surface area contributed by atoms with Crippen molar-refractivity contribution in [2.24, 2.45) is 0 Å². The molecule has 1 aromatic carbocycles. The third kappa shape index (κ3) is 1.64. The highest BCUT2D eigenvalue weighted by molar-refractivity contribution is 6.28. The van der Waals surface area contributed by atoms with E-state index in [9.17, 15) is 9.59 Å². The highest BCUT2D eigenvalue weighted by Gasteiger charge is 2.50. The van der Waals surface area contributed by atoms with Crippen LogP contribution in [0.5, 0.6) is 0 Å². The number of aromatic nitrogens is 2. The topological polar surface area (TPSA) is 62.8 Å². The summed E-state index contributed by atoms with van der Waals surface area (Å²) in [5.41, 5.74) is 1.65. The second kappa shape index (κ2) is 4.71. The third-order valence-electron chi connectivity index (χ3n) is 4.43. The number of fused-ring (bicyclic) bond motifs is 1. The number of imidazole rings is 1. The fourth-order valence-corrected chi connectivity index (χ4v) is 3.46. The summed E-state index contributed by atoms with van der Waals surface area (Å²) in [6.07, 6.45) is 5.38. The summed E-state index contributed by atoms with van der Waals surface area (Å²) in [5.74, 6) is -0.0167. The van der Waals surface area contributed by atoms with E-state index < -0.39 is 11.3 Å². The average molecular weight is 268 g/mol. The number of Topliss-reactive ketones (excluding diaryl/α,β-unsaturated/α-hetero) is 1. The van der Waals surface area contributed by atoms with E-state index in [1.807, 2.05) is 31.2 Å². The Balaban J connectivity index is 2.21. The number of nitrogens with zero attached hydrogens (tertiary/aromatic N) is 1. The number of hydrogen-bond acceptors (Lipinski definition) is 3. The zero-order valence-corrected chi connectivity index (χ0v) is 11.3. The van der Waals surface area contributed by atoms with Crippen LogP contribution in [0.25, 0.3) is 0 Å². The minimum atomic E-state index is -0.439. The van der Waals surface area contributed by atoms with Gasteiger partial charge in [-0.1, -0.05) is 31.2 Å². The molecule has 2 unspecified atom stereocenters. The molecule has 3 rings (SSSR count). The maximum Gasteiger partial charge on any atom is 0.203 e. The zero-order valence-electron chi connectivity index (χ0n) is 11.3. The van der Waals surface area contributed by atoms with E-state index >= 15 is 0 Å². The summed E-state index contributed by atoms with van der Waals surface area (Å²) in [7, 11) is 0. The van der Waals surface area contributed by atoms with Crippen LogP contribution in [-0.2, 0) is 21.4 Å². The molecule has 0 saturated heterocycles. The number of aromatic amines is 1. The molecule has 20 heavy (non-hydrogen) atoms. The minimum Gasteiger partial charge on any atom is -0.348 e. The lowest BCUT2D eigenvalue weighted by molar-refractivity contribution is -0.131. The summed E-state index contributed by atoms with van der Waals surface area (Å²) < 4.78 is 0. The normalized spacial score (nSPS) is 24.4. The first-order valence-corrected chi connectivity index (χ1v) is 6.79. The van der Waals surface area contributed by atoms with Gasteiger partial charge in [0.2, 0.25) is 5.78 Å². The predicted octanol–water partition coefficient (Wildman–Crippen LogP) is 2.17. The van der Waals surface area contributed by atoms with Crippen molar-refractivity contribution in [3.63, 3.8) is 0 Å². The Labute approximate surface area is 117 Å². The highest BCUT2D eigenvalue weighted by atomic mass is 16.2. The quantitative estimate of drug-likeness (QED) is 0.682. The zero-order chi connectivity index (χ0) is 14.2. The van der Waals surface area contributed by atoms with Gasteiger partial charge in [0.15, 0.2) is 6.29 Å². The predicted molar refractivity (Wildman–Crippen MR) is 74.5 cm³/mol. The van der Waals surface area contributed by atoms with Crippen LogP contribution in [0.15, 0.2) is 36.7 Å². The molecule has 1 N–H and O–H groups in total. The molecular weight excluding hydrogens is 252 g/mol. The van der Waals surface area contributed by atoms with Gasteiger partial charge in [0.25, 0.3) is 0 Å². The first kappa shape index (κ1) is 12.8. The number of nitrogens with one attached hydrogen (secondary N) is 1. The number of benzene rings is 1. The van der Waals surface area contributed by atoms with Crippen LogP contribution in [0.2, 0.25) is 0 Å². The van der Waals surface area contributed by atoms with Gasteiger partial charge in [-0.3, -0.25) is 9.59 Å². The number of ketones is 1. The number of hydrogen-bond donors (Lipinski definition) is 1. The van der Waals surface area contributed by atoms with Gasteiger partial charge in [-0.15, -0.1) is 0 Å². The largest absolute Gasteiger partial charge is 0.348 e. The average Bonchev–Trinajstić information content (AvgIpc) is 3.12. The Morgan fingerprint density at radius 2 is 2.30 bits per heavy atom. The summed E-state index contributed by atoms with van der Waals surface area (Å²) >= 11 is 0. The molecule has 0 radical (unpaired) electrons. The van der Waals surface area contributed by atoms with Crippen molar-refractivity contribution in [1.82, 2.24) is 9.97 Å². The molecule has 0 amide bonds. The number of carbonyl (C=O) groups excluding carboxylic acids is 2. The lowest BCUT2D eigenvalue weighted by Gasteiger charge is -2.31. The van der Waals surface area contributed by atoms with Crippen LogP contribution < -0.4 is 0 Å². The summed E-state index contributed by atoms with van der Waals surface area (Å²) in [5, 5.41) is 0. The molecular formula is C16H16N2O2. The first-order chi connectivity index (χ1) is 9.73. The Kier molecular flexibility index (Phi) is 3.01.